The number of carbonyl (C=O) groups is 2. The zero-order valence-corrected chi connectivity index (χ0v) is 20.6. The van der Waals surface area contributed by atoms with Gasteiger partial charge in [0.2, 0.25) is 0 Å². The highest BCUT2D eigenvalue weighted by molar-refractivity contribution is 8.04. The fraction of sp³-hybridized carbons (Fsp3) is 0.185. The molecule has 168 valence electrons. The van der Waals surface area contributed by atoms with E-state index in [9.17, 15) is 9.59 Å². The molecule has 0 saturated heterocycles. The van der Waals surface area contributed by atoms with Crippen molar-refractivity contribution in [1.29, 1.82) is 0 Å². The van der Waals surface area contributed by atoms with Crippen LogP contribution in [0, 0.1) is 13.8 Å². The summed E-state index contributed by atoms with van der Waals surface area (Å²) < 4.78 is 0. The van der Waals surface area contributed by atoms with E-state index in [4.69, 9.17) is 11.6 Å². The van der Waals surface area contributed by atoms with Crippen LogP contribution in [0.25, 0.3) is 0 Å². The lowest BCUT2D eigenvalue weighted by atomic mass is 10.0. The van der Waals surface area contributed by atoms with E-state index >= 15 is 0 Å². The number of anilines is 2. The Balaban J connectivity index is 1.74. The Morgan fingerprint density at radius 3 is 2.18 bits per heavy atom. The van der Waals surface area contributed by atoms with Crippen molar-refractivity contribution in [3.05, 3.63) is 99.0 Å². The molecule has 3 aromatic carbocycles. The van der Waals surface area contributed by atoms with Crippen LogP contribution in [0.2, 0.25) is 5.02 Å². The third kappa shape index (κ3) is 4.85. The lowest BCUT2D eigenvalue weighted by molar-refractivity contribution is -0.120. The second-order valence-electron chi connectivity index (χ2n) is 8.40. The number of benzene rings is 3. The van der Waals surface area contributed by atoms with E-state index in [2.05, 4.69) is 19.2 Å². The maximum atomic E-state index is 13.5. The SMILES string of the molecule is Cc1ccc(C)c(NC2=C(Sc3ccc(Cl)cc3)C(=O)N(c3ccc(C(C)C)cc3)C2=O)c1. The van der Waals surface area contributed by atoms with Crippen LogP contribution in [0.5, 0.6) is 0 Å². The number of nitrogens with one attached hydrogen (secondary N) is 1. The highest BCUT2D eigenvalue weighted by Crippen LogP contribution is 2.38. The topological polar surface area (TPSA) is 49.4 Å². The highest BCUT2D eigenvalue weighted by atomic mass is 35.5. The summed E-state index contributed by atoms with van der Waals surface area (Å²) in [5.74, 6) is -0.348. The first-order valence-electron chi connectivity index (χ1n) is 10.8. The Kier molecular flexibility index (Phi) is 6.63. The van der Waals surface area contributed by atoms with Gasteiger partial charge in [-0.2, -0.15) is 0 Å². The second-order valence-corrected chi connectivity index (χ2v) is 9.92. The van der Waals surface area contributed by atoms with E-state index in [1.165, 1.54) is 16.7 Å². The van der Waals surface area contributed by atoms with Gasteiger partial charge < -0.3 is 5.32 Å². The zero-order chi connectivity index (χ0) is 23.7. The van der Waals surface area contributed by atoms with Gasteiger partial charge in [0.15, 0.2) is 0 Å². The summed E-state index contributed by atoms with van der Waals surface area (Å²) in [6.45, 7) is 8.18. The van der Waals surface area contributed by atoms with Crippen molar-refractivity contribution in [3.8, 4) is 0 Å². The molecule has 4 rings (SSSR count). The van der Waals surface area contributed by atoms with Crippen LogP contribution in [0.4, 0.5) is 11.4 Å². The molecule has 4 nitrogen and oxygen atoms in total. The molecule has 3 aromatic rings. The number of thioether (sulfide) groups is 1. The summed E-state index contributed by atoms with van der Waals surface area (Å²) in [5, 5.41) is 3.88. The maximum absolute atomic E-state index is 13.5. The Morgan fingerprint density at radius 2 is 1.55 bits per heavy atom. The minimum absolute atomic E-state index is 0.279. The smallest absolute Gasteiger partial charge is 0.283 e. The number of nitrogens with zero attached hydrogens (tertiary/aromatic N) is 1. The number of halogens is 1. The van der Waals surface area contributed by atoms with E-state index in [0.717, 1.165) is 27.3 Å². The normalized spacial score (nSPS) is 13.9. The molecule has 1 aliphatic rings. The van der Waals surface area contributed by atoms with Crippen LogP contribution >= 0.6 is 23.4 Å². The highest BCUT2D eigenvalue weighted by Gasteiger charge is 2.40. The van der Waals surface area contributed by atoms with Gasteiger partial charge in [-0.25, -0.2) is 4.90 Å². The molecule has 1 aliphatic heterocycles. The molecule has 6 heteroatoms. The minimum atomic E-state index is -0.366. The summed E-state index contributed by atoms with van der Waals surface area (Å²) in [6.07, 6.45) is 0. The van der Waals surface area contributed by atoms with Crippen LogP contribution in [0.3, 0.4) is 0 Å². The molecule has 33 heavy (non-hydrogen) atoms. The lowest BCUT2D eigenvalue weighted by Crippen LogP contribution is -2.32. The van der Waals surface area contributed by atoms with E-state index in [1.807, 2.05) is 68.4 Å². The van der Waals surface area contributed by atoms with Gasteiger partial charge in [-0.15, -0.1) is 0 Å². The van der Waals surface area contributed by atoms with Crippen molar-refractivity contribution in [2.24, 2.45) is 0 Å². The molecule has 1 heterocycles. The predicted octanol–water partition coefficient (Wildman–Crippen LogP) is 7.07. The number of hydrogen-bond donors (Lipinski definition) is 1. The first-order valence-corrected chi connectivity index (χ1v) is 11.9. The van der Waals surface area contributed by atoms with Crippen LogP contribution in [-0.2, 0) is 9.59 Å². The Labute approximate surface area is 203 Å². The molecule has 0 unspecified atom stereocenters. The number of amides is 2. The maximum Gasteiger partial charge on any atom is 0.283 e. The van der Waals surface area contributed by atoms with Crippen LogP contribution < -0.4 is 10.2 Å². The number of rotatable bonds is 6. The van der Waals surface area contributed by atoms with Crippen LogP contribution in [-0.4, -0.2) is 11.8 Å². The number of carbonyl (C=O) groups excluding carboxylic acids is 2. The quantitative estimate of drug-likeness (QED) is 0.386. The van der Waals surface area contributed by atoms with Crippen LogP contribution in [0.15, 0.2) is 82.2 Å². The fourth-order valence-electron chi connectivity index (χ4n) is 3.58. The van der Waals surface area contributed by atoms with Gasteiger partial charge in [0, 0.05) is 15.6 Å². The first kappa shape index (κ1) is 23.1. The van der Waals surface area contributed by atoms with Gasteiger partial charge in [-0.05, 0) is 78.9 Å². The number of aryl methyl sites for hydroxylation is 2. The van der Waals surface area contributed by atoms with Gasteiger partial charge in [0.25, 0.3) is 11.8 Å². The van der Waals surface area contributed by atoms with E-state index in [-0.39, 0.29) is 17.5 Å². The van der Waals surface area contributed by atoms with Crippen molar-refractivity contribution in [2.45, 2.75) is 38.5 Å². The average molecular weight is 477 g/mol. The zero-order valence-electron chi connectivity index (χ0n) is 19.0. The predicted molar refractivity (Wildman–Crippen MR) is 137 cm³/mol. The molecule has 0 aliphatic carbocycles. The Morgan fingerprint density at radius 1 is 0.879 bits per heavy atom. The van der Waals surface area contributed by atoms with Gasteiger partial charge in [0.1, 0.15) is 10.6 Å². The third-order valence-corrected chi connectivity index (χ3v) is 6.89. The molecule has 0 spiro atoms. The third-order valence-electron chi connectivity index (χ3n) is 5.55. The van der Waals surface area contributed by atoms with Crippen molar-refractivity contribution in [1.82, 2.24) is 0 Å². The minimum Gasteiger partial charge on any atom is -0.350 e. The molecular weight excluding hydrogens is 452 g/mol. The molecule has 0 atom stereocenters. The van der Waals surface area contributed by atoms with E-state index in [1.54, 1.807) is 12.1 Å². The largest absolute Gasteiger partial charge is 0.350 e. The molecule has 0 fully saturated rings. The van der Waals surface area contributed by atoms with Gasteiger partial charge >= 0.3 is 0 Å². The summed E-state index contributed by atoms with van der Waals surface area (Å²) >= 11 is 7.29. The Hall–Kier alpha value is -3.02. The van der Waals surface area contributed by atoms with E-state index < -0.39 is 0 Å². The van der Waals surface area contributed by atoms with Gasteiger partial charge in [0.05, 0.1) is 5.69 Å². The first-order chi connectivity index (χ1) is 15.7. The standard InChI is InChI=1S/C27H25ClN2O2S/c1-16(2)19-7-11-21(12-8-19)30-26(31)24(29-23-15-17(3)5-6-18(23)4)25(27(30)32)33-22-13-9-20(28)10-14-22/h5-16,29H,1-4H3. The Bertz CT molecular complexity index is 1250. The monoisotopic (exact) mass is 476 g/mol. The van der Waals surface area contributed by atoms with Gasteiger partial charge in [-0.1, -0.05) is 61.5 Å². The molecule has 1 N–H and O–H groups in total. The fourth-order valence-corrected chi connectivity index (χ4v) is 4.64. The molecule has 2 amide bonds. The summed E-state index contributed by atoms with van der Waals surface area (Å²) in [4.78, 5) is 29.5. The van der Waals surface area contributed by atoms with Crippen LogP contribution in [0.1, 0.15) is 36.5 Å². The van der Waals surface area contributed by atoms with Crippen molar-refractivity contribution < 1.29 is 9.59 Å². The summed E-state index contributed by atoms with van der Waals surface area (Å²) in [6, 6.07) is 20.8. The average Bonchev–Trinajstić information content (AvgIpc) is 3.01. The van der Waals surface area contributed by atoms with Crippen molar-refractivity contribution in [2.75, 3.05) is 10.2 Å². The lowest BCUT2D eigenvalue weighted by Gasteiger charge is -2.17. The second kappa shape index (κ2) is 9.46. The molecule has 0 radical (unpaired) electrons. The molecule has 0 bridgehead atoms. The number of imide groups is 1. The summed E-state index contributed by atoms with van der Waals surface area (Å²) in [7, 11) is 0. The molecule has 0 saturated carbocycles. The molecule has 0 aromatic heterocycles. The summed E-state index contributed by atoms with van der Waals surface area (Å²) in [5.41, 5.74) is 4.84. The number of hydrogen-bond acceptors (Lipinski definition) is 4. The van der Waals surface area contributed by atoms with E-state index in [0.29, 0.717) is 21.5 Å². The van der Waals surface area contributed by atoms with Crippen molar-refractivity contribution >= 4 is 46.6 Å². The molecular formula is C27H25ClN2O2S. The van der Waals surface area contributed by atoms with Gasteiger partial charge in [-0.3, -0.25) is 9.59 Å². The van der Waals surface area contributed by atoms with Crippen molar-refractivity contribution in [3.63, 3.8) is 0 Å².